The Labute approximate surface area is 122 Å². The van der Waals surface area contributed by atoms with Crippen LogP contribution in [0.5, 0.6) is 0 Å². The zero-order chi connectivity index (χ0) is 15.1. The van der Waals surface area contributed by atoms with E-state index in [-0.39, 0.29) is 12.2 Å². The number of aryl methyl sites for hydroxylation is 1. The van der Waals surface area contributed by atoms with Crippen LogP contribution in [0.3, 0.4) is 0 Å². The van der Waals surface area contributed by atoms with Gasteiger partial charge in [-0.05, 0) is 24.1 Å². The van der Waals surface area contributed by atoms with Crippen LogP contribution in [0.15, 0.2) is 72.4 Å². The van der Waals surface area contributed by atoms with Crippen LogP contribution < -0.4 is 0 Å². The zero-order valence-electron chi connectivity index (χ0n) is 11.4. The van der Waals surface area contributed by atoms with E-state index in [9.17, 15) is 15.0 Å². The van der Waals surface area contributed by atoms with E-state index < -0.39 is 11.9 Å². The van der Waals surface area contributed by atoms with Crippen LogP contribution in [0, 0.1) is 0 Å². The molecule has 0 saturated carbocycles. The minimum atomic E-state index is -0.750. The number of rotatable bonds is 5. The van der Waals surface area contributed by atoms with Gasteiger partial charge < -0.3 is 14.9 Å². The summed E-state index contributed by atoms with van der Waals surface area (Å²) in [7, 11) is 0. The molecular weight excluding hydrogens is 268 g/mol. The van der Waals surface area contributed by atoms with Crippen LogP contribution in [0.2, 0.25) is 0 Å². The Morgan fingerprint density at radius 2 is 1.48 bits per heavy atom. The van der Waals surface area contributed by atoms with E-state index in [1.165, 1.54) is 0 Å². The van der Waals surface area contributed by atoms with Crippen LogP contribution in [-0.4, -0.2) is 16.2 Å². The standard InChI is InChI=1S/C17H16O4/c18-15(12-11-13-7-3-1-4-8-13)17(20)21-16(19)14-9-5-2-6-10-14/h1-10,18,20H,11-12H2/b17-15+. The van der Waals surface area contributed by atoms with E-state index in [0.29, 0.717) is 12.0 Å². The monoisotopic (exact) mass is 284 g/mol. The van der Waals surface area contributed by atoms with E-state index in [1.807, 2.05) is 30.3 Å². The van der Waals surface area contributed by atoms with Crippen molar-refractivity contribution in [3.63, 3.8) is 0 Å². The van der Waals surface area contributed by atoms with Crippen LogP contribution in [0.1, 0.15) is 22.3 Å². The summed E-state index contributed by atoms with van der Waals surface area (Å²) in [5.74, 6) is -1.80. The molecule has 2 rings (SSSR count). The summed E-state index contributed by atoms with van der Waals surface area (Å²) in [5, 5.41) is 19.3. The molecule has 0 amide bonds. The van der Waals surface area contributed by atoms with Crippen molar-refractivity contribution in [3.8, 4) is 0 Å². The number of carbonyl (C=O) groups is 1. The van der Waals surface area contributed by atoms with Gasteiger partial charge in [-0.1, -0.05) is 48.5 Å². The number of hydrogen-bond acceptors (Lipinski definition) is 4. The fraction of sp³-hybridized carbons (Fsp3) is 0.118. The molecule has 108 valence electrons. The zero-order valence-corrected chi connectivity index (χ0v) is 11.4. The van der Waals surface area contributed by atoms with Crippen LogP contribution in [0.4, 0.5) is 0 Å². The average Bonchev–Trinajstić information content (AvgIpc) is 2.54. The highest BCUT2D eigenvalue weighted by Crippen LogP contribution is 2.12. The lowest BCUT2D eigenvalue weighted by molar-refractivity contribution is 0.0391. The minimum absolute atomic E-state index is 0.192. The molecule has 2 N–H and O–H groups in total. The van der Waals surface area contributed by atoms with E-state index >= 15 is 0 Å². The molecule has 0 bridgehead atoms. The highest BCUT2D eigenvalue weighted by Gasteiger charge is 2.13. The van der Waals surface area contributed by atoms with Gasteiger partial charge in [-0.25, -0.2) is 4.79 Å². The lowest BCUT2D eigenvalue weighted by Crippen LogP contribution is -2.07. The normalized spacial score (nSPS) is 11.6. The maximum absolute atomic E-state index is 11.7. The molecule has 0 atom stereocenters. The summed E-state index contributed by atoms with van der Waals surface area (Å²) in [6.45, 7) is 0. The van der Waals surface area contributed by atoms with Gasteiger partial charge in [0.25, 0.3) is 0 Å². The van der Waals surface area contributed by atoms with Gasteiger partial charge in [0.15, 0.2) is 5.76 Å². The first-order valence-electron chi connectivity index (χ1n) is 6.59. The molecule has 2 aromatic rings. The average molecular weight is 284 g/mol. The molecule has 0 aliphatic carbocycles. The second-order valence-corrected chi connectivity index (χ2v) is 4.49. The Hall–Kier alpha value is -2.75. The van der Waals surface area contributed by atoms with Crippen molar-refractivity contribution in [3.05, 3.63) is 83.5 Å². The van der Waals surface area contributed by atoms with E-state index in [2.05, 4.69) is 0 Å². The van der Waals surface area contributed by atoms with Gasteiger partial charge in [0.2, 0.25) is 0 Å². The summed E-state index contributed by atoms with van der Waals surface area (Å²) < 4.78 is 4.73. The van der Waals surface area contributed by atoms with Gasteiger partial charge >= 0.3 is 11.9 Å². The predicted octanol–water partition coefficient (Wildman–Crippen LogP) is 3.76. The number of aliphatic hydroxyl groups is 2. The van der Waals surface area contributed by atoms with Crippen molar-refractivity contribution in [1.29, 1.82) is 0 Å². The van der Waals surface area contributed by atoms with Crippen molar-refractivity contribution in [2.24, 2.45) is 0 Å². The Bertz CT molecular complexity index is 618. The molecule has 4 nitrogen and oxygen atoms in total. The topological polar surface area (TPSA) is 66.8 Å². The fourth-order valence-electron chi connectivity index (χ4n) is 1.79. The summed E-state index contributed by atoms with van der Waals surface area (Å²) in [6, 6.07) is 17.8. The number of aliphatic hydroxyl groups excluding tert-OH is 2. The first-order valence-corrected chi connectivity index (χ1v) is 6.59. The largest absolute Gasteiger partial charge is 0.506 e. The molecule has 0 aliphatic heterocycles. The molecule has 0 radical (unpaired) electrons. The van der Waals surface area contributed by atoms with Gasteiger partial charge in [0, 0.05) is 6.42 Å². The highest BCUT2D eigenvalue weighted by molar-refractivity contribution is 5.89. The maximum atomic E-state index is 11.7. The molecule has 0 heterocycles. The molecule has 0 spiro atoms. The van der Waals surface area contributed by atoms with Crippen molar-refractivity contribution in [2.75, 3.05) is 0 Å². The molecule has 0 aromatic heterocycles. The number of carbonyl (C=O) groups excluding carboxylic acids is 1. The Kier molecular flexibility index (Phi) is 4.99. The van der Waals surface area contributed by atoms with Gasteiger partial charge in [0.1, 0.15) is 0 Å². The van der Waals surface area contributed by atoms with E-state index in [4.69, 9.17) is 4.74 Å². The highest BCUT2D eigenvalue weighted by atomic mass is 16.6. The van der Waals surface area contributed by atoms with E-state index in [0.717, 1.165) is 5.56 Å². The van der Waals surface area contributed by atoms with Gasteiger partial charge in [-0.2, -0.15) is 0 Å². The van der Waals surface area contributed by atoms with E-state index in [1.54, 1.807) is 30.3 Å². The summed E-state index contributed by atoms with van der Waals surface area (Å²) >= 11 is 0. The SMILES string of the molecule is O=C(O/C(O)=C(/O)CCc1ccccc1)c1ccccc1. The molecule has 0 aliphatic rings. The summed E-state index contributed by atoms with van der Waals surface area (Å²) in [6.07, 6.45) is 0.734. The number of benzene rings is 2. The summed E-state index contributed by atoms with van der Waals surface area (Å²) in [4.78, 5) is 11.7. The number of allylic oxidation sites excluding steroid dienone is 1. The first-order chi connectivity index (χ1) is 10.2. The fourth-order valence-corrected chi connectivity index (χ4v) is 1.79. The van der Waals surface area contributed by atoms with Crippen molar-refractivity contribution in [2.45, 2.75) is 12.8 Å². The Morgan fingerprint density at radius 3 is 2.10 bits per heavy atom. The number of esters is 1. The number of hydrogen-bond donors (Lipinski definition) is 2. The van der Waals surface area contributed by atoms with Crippen molar-refractivity contribution in [1.82, 2.24) is 0 Å². The van der Waals surface area contributed by atoms with Gasteiger partial charge in [-0.3, -0.25) is 0 Å². The minimum Gasteiger partial charge on any atom is -0.506 e. The molecule has 2 aromatic carbocycles. The smallest absolute Gasteiger partial charge is 0.345 e. The lowest BCUT2D eigenvalue weighted by atomic mass is 10.1. The third kappa shape index (κ3) is 4.38. The van der Waals surface area contributed by atoms with Crippen LogP contribution >= 0.6 is 0 Å². The summed E-state index contributed by atoms with van der Waals surface area (Å²) in [5.41, 5.74) is 1.33. The third-order valence-electron chi connectivity index (χ3n) is 2.94. The maximum Gasteiger partial charge on any atom is 0.345 e. The molecule has 21 heavy (non-hydrogen) atoms. The van der Waals surface area contributed by atoms with Crippen molar-refractivity contribution < 1.29 is 19.7 Å². The van der Waals surface area contributed by atoms with Gasteiger partial charge in [0.05, 0.1) is 5.56 Å². The molecule has 0 fully saturated rings. The van der Waals surface area contributed by atoms with Crippen molar-refractivity contribution >= 4 is 5.97 Å². The Balaban J connectivity index is 1.94. The lowest BCUT2D eigenvalue weighted by Gasteiger charge is -2.06. The molecular formula is C17H16O4. The van der Waals surface area contributed by atoms with Crippen LogP contribution in [-0.2, 0) is 11.2 Å². The first kappa shape index (κ1) is 14.7. The quantitative estimate of drug-likeness (QED) is 0.648. The van der Waals surface area contributed by atoms with Crippen LogP contribution in [0.25, 0.3) is 0 Å². The second-order valence-electron chi connectivity index (χ2n) is 4.49. The molecule has 0 saturated heterocycles. The van der Waals surface area contributed by atoms with Gasteiger partial charge in [-0.15, -0.1) is 0 Å². The second kappa shape index (κ2) is 7.14. The number of ether oxygens (including phenoxy) is 1. The Morgan fingerprint density at radius 1 is 0.905 bits per heavy atom. The molecule has 4 heteroatoms. The molecule has 0 unspecified atom stereocenters. The third-order valence-corrected chi connectivity index (χ3v) is 2.94. The predicted molar refractivity (Wildman–Crippen MR) is 78.9 cm³/mol.